The van der Waals surface area contributed by atoms with Gasteiger partial charge in [0.1, 0.15) is 0 Å². The number of halogens is 1. The number of hydrogen-bond acceptors (Lipinski definition) is 4. The fourth-order valence-corrected chi connectivity index (χ4v) is 2.07. The number of hydrogen-bond donors (Lipinski definition) is 2. The summed E-state index contributed by atoms with van der Waals surface area (Å²) in [5.41, 5.74) is 2.28. The quantitative estimate of drug-likeness (QED) is 0.797. The molecule has 6 heteroatoms. The Labute approximate surface area is 135 Å². The first kappa shape index (κ1) is 14.8. The number of benzene rings is 1. The van der Waals surface area contributed by atoms with Gasteiger partial charge in [0.15, 0.2) is 5.96 Å². The molecule has 0 aliphatic carbocycles. The number of rotatable bonds is 3. The van der Waals surface area contributed by atoms with Crippen LogP contribution in [-0.2, 0) is 6.54 Å². The standard InChI is InChI=1S/C14H17N5.HI/c1-4-12(11-17-14-15-6-2-7-16-14)10-13(5-1)19-9-3-8-18-19;/h1,3-5,8-10H,2,6-7,11H2,(H2,15,16,17);1H. The van der Waals surface area contributed by atoms with Gasteiger partial charge >= 0.3 is 0 Å². The second-order valence-electron chi connectivity index (χ2n) is 4.48. The summed E-state index contributed by atoms with van der Waals surface area (Å²) in [7, 11) is 0. The maximum atomic E-state index is 4.39. The Bertz CT molecular complexity index is 565. The third-order valence-corrected chi connectivity index (χ3v) is 3.04. The maximum absolute atomic E-state index is 4.39. The van der Waals surface area contributed by atoms with Crippen LogP contribution in [0.15, 0.2) is 47.7 Å². The number of guanidine groups is 1. The van der Waals surface area contributed by atoms with Gasteiger partial charge in [0.25, 0.3) is 0 Å². The van der Waals surface area contributed by atoms with E-state index in [1.807, 2.05) is 29.1 Å². The highest BCUT2D eigenvalue weighted by molar-refractivity contribution is 14.0. The third-order valence-electron chi connectivity index (χ3n) is 3.04. The second-order valence-corrected chi connectivity index (χ2v) is 4.48. The van der Waals surface area contributed by atoms with E-state index >= 15 is 0 Å². The van der Waals surface area contributed by atoms with E-state index in [2.05, 4.69) is 32.9 Å². The lowest BCUT2D eigenvalue weighted by molar-refractivity contribution is 0.702. The van der Waals surface area contributed by atoms with Gasteiger partial charge in [-0.15, -0.1) is 24.0 Å². The van der Waals surface area contributed by atoms with Gasteiger partial charge in [0, 0.05) is 32.0 Å². The summed E-state index contributed by atoms with van der Waals surface area (Å²) in [4.78, 5) is 4.39. The van der Waals surface area contributed by atoms with Gasteiger partial charge in [-0.3, -0.25) is 4.99 Å². The zero-order valence-electron chi connectivity index (χ0n) is 11.1. The summed E-state index contributed by atoms with van der Waals surface area (Å²) in [5.74, 6) is 0.899. The van der Waals surface area contributed by atoms with Crippen molar-refractivity contribution in [2.24, 2.45) is 4.99 Å². The predicted molar refractivity (Wildman–Crippen MR) is 90.7 cm³/mol. The van der Waals surface area contributed by atoms with Crippen molar-refractivity contribution in [3.8, 4) is 5.69 Å². The fraction of sp³-hybridized carbons (Fsp3) is 0.286. The molecule has 0 bridgehead atoms. The SMILES string of the molecule is I.c1cc(CNC2=NCCCN2)cc(-n2cccn2)c1. The molecule has 1 aliphatic rings. The first-order chi connectivity index (χ1) is 9.42. The Morgan fingerprint density at radius 1 is 1.30 bits per heavy atom. The van der Waals surface area contributed by atoms with Gasteiger partial charge in [0.05, 0.1) is 5.69 Å². The van der Waals surface area contributed by atoms with E-state index in [-0.39, 0.29) is 24.0 Å². The first-order valence-corrected chi connectivity index (χ1v) is 6.53. The molecule has 0 amide bonds. The summed E-state index contributed by atoms with van der Waals surface area (Å²) in [5, 5.41) is 10.8. The van der Waals surface area contributed by atoms with Crippen molar-refractivity contribution >= 4 is 29.9 Å². The number of aromatic nitrogens is 2. The Hall–Kier alpha value is -1.57. The monoisotopic (exact) mass is 383 g/mol. The molecule has 20 heavy (non-hydrogen) atoms. The third kappa shape index (κ3) is 3.72. The summed E-state index contributed by atoms with van der Waals surface area (Å²) in [6.07, 6.45) is 4.84. The minimum atomic E-state index is 0. The minimum Gasteiger partial charge on any atom is -0.356 e. The van der Waals surface area contributed by atoms with Crippen molar-refractivity contribution in [2.75, 3.05) is 13.1 Å². The highest BCUT2D eigenvalue weighted by Gasteiger charge is 2.03. The molecular formula is C14H18IN5. The van der Waals surface area contributed by atoms with Crippen LogP contribution in [0.1, 0.15) is 12.0 Å². The van der Waals surface area contributed by atoms with Crippen LogP contribution in [0.2, 0.25) is 0 Å². The van der Waals surface area contributed by atoms with Crippen molar-refractivity contribution < 1.29 is 0 Å². The molecule has 0 saturated heterocycles. The van der Waals surface area contributed by atoms with Crippen LogP contribution in [0.25, 0.3) is 5.69 Å². The minimum absolute atomic E-state index is 0. The van der Waals surface area contributed by atoms with Gasteiger partial charge in [-0.2, -0.15) is 5.10 Å². The summed E-state index contributed by atoms with van der Waals surface area (Å²) in [6, 6.07) is 10.2. The molecule has 0 fully saturated rings. The number of nitrogens with zero attached hydrogens (tertiary/aromatic N) is 3. The molecule has 1 aliphatic heterocycles. The van der Waals surface area contributed by atoms with E-state index in [0.29, 0.717) is 0 Å². The van der Waals surface area contributed by atoms with Gasteiger partial charge in [-0.1, -0.05) is 12.1 Å². The predicted octanol–water partition coefficient (Wildman–Crippen LogP) is 1.93. The van der Waals surface area contributed by atoms with Crippen LogP contribution in [0.4, 0.5) is 0 Å². The van der Waals surface area contributed by atoms with E-state index in [0.717, 1.165) is 37.7 Å². The van der Waals surface area contributed by atoms with Gasteiger partial charge in [-0.05, 0) is 30.2 Å². The summed E-state index contributed by atoms with van der Waals surface area (Å²) in [6.45, 7) is 2.67. The molecule has 0 radical (unpaired) electrons. The van der Waals surface area contributed by atoms with Gasteiger partial charge in [0.2, 0.25) is 0 Å². The van der Waals surface area contributed by atoms with Crippen molar-refractivity contribution in [1.29, 1.82) is 0 Å². The second kappa shape index (κ2) is 7.28. The van der Waals surface area contributed by atoms with Crippen LogP contribution in [0.5, 0.6) is 0 Å². The van der Waals surface area contributed by atoms with E-state index in [4.69, 9.17) is 0 Å². The average molecular weight is 383 g/mol. The molecule has 2 aromatic rings. The largest absolute Gasteiger partial charge is 0.356 e. The Morgan fingerprint density at radius 3 is 3.00 bits per heavy atom. The zero-order valence-corrected chi connectivity index (χ0v) is 13.5. The first-order valence-electron chi connectivity index (χ1n) is 6.53. The summed E-state index contributed by atoms with van der Waals surface area (Å²) < 4.78 is 1.86. The lowest BCUT2D eigenvalue weighted by Gasteiger charge is -2.16. The van der Waals surface area contributed by atoms with Crippen molar-refractivity contribution in [2.45, 2.75) is 13.0 Å². The number of nitrogens with one attached hydrogen (secondary N) is 2. The Kier molecular flexibility index (Phi) is 5.40. The van der Waals surface area contributed by atoms with Crippen LogP contribution < -0.4 is 10.6 Å². The molecule has 0 atom stereocenters. The highest BCUT2D eigenvalue weighted by Crippen LogP contribution is 2.09. The molecule has 5 nitrogen and oxygen atoms in total. The molecule has 1 aromatic carbocycles. The lowest BCUT2D eigenvalue weighted by atomic mass is 10.2. The Morgan fingerprint density at radius 2 is 2.25 bits per heavy atom. The molecule has 2 N–H and O–H groups in total. The molecule has 2 heterocycles. The van der Waals surface area contributed by atoms with Crippen LogP contribution in [0, 0.1) is 0 Å². The maximum Gasteiger partial charge on any atom is 0.191 e. The highest BCUT2D eigenvalue weighted by atomic mass is 127. The van der Waals surface area contributed by atoms with E-state index < -0.39 is 0 Å². The van der Waals surface area contributed by atoms with E-state index in [1.54, 1.807) is 6.20 Å². The van der Waals surface area contributed by atoms with Crippen LogP contribution in [-0.4, -0.2) is 28.8 Å². The molecule has 0 spiro atoms. The normalized spacial score (nSPS) is 13.9. The Balaban J connectivity index is 0.00000147. The fourth-order valence-electron chi connectivity index (χ4n) is 2.07. The lowest BCUT2D eigenvalue weighted by Crippen LogP contribution is -2.40. The van der Waals surface area contributed by atoms with Gasteiger partial charge in [-0.25, -0.2) is 4.68 Å². The van der Waals surface area contributed by atoms with Crippen molar-refractivity contribution in [3.05, 3.63) is 48.3 Å². The smallest absolute Gasteiger partial charge is 0.191 e. The van der Waals surface area contributed by atoms with E-state index in [9.17, 15) is 0 Å². The molecule has 0 saturated carbocycles. The van der Waals surface area contributed by atoms with Crippen molar-refractivity contribution in [1.82, 2.24) is 20.4 Å². The molecule has 3 rings (SSSR count). The van der Waals surface area contributed by atoms with E-state index in [1.165, 1.54) is 5.56 Å². The zero-order chi connectivity index (χ0) is 12.9. The van der Waals surface area contributed by atoms with Crippen molar-refractivity contribution in [3.63, 3.8) is 0 Å². The van der Waals surface area contributed by atoms with Crippen LogP contribution >= 0.6 is 24.0 Å². The topological polar surface area (TPSA) is 54.2 Å². The molecule has 0 unspecified atom stereocenters. The number of aliphatic imine (C=N–C) groups is 1. The van der Waals surface area contributed by atoms with Gasteiger partial charge < -0.3 is 10.6 Å². The average Bonchev–Trinajstić information content (AvgIpc) is 3.01. The summed E-state index contributed by atoms with van der Waals surface area (Å²) >= 11 is 0. The molecule has 1 aromatic heterocycles. The molecular weight excluding hydrogens is 365 g/mol. The molecule has 106 valence electrons. The van der Waals surface area contributed by atoms with Crippen LogP contribution in [0.3, 0.4) is 0 Å².